The highest BCUT2D eigenvalue weighted by atomic mass is 16.4. The molecule has 2 unspecified atom stereocenters. The Bertz CT molecular complexity index is 365. The maximum atomic E-state index is 12.0. The standard InChI is InChI=1S/C10H15N3O4/c11-5-6-4-8(14)12-3-1-2-7(10(16)17)13(12)9(6)15/h6-7H,1-5,11H2,(H,16,17). The molecule has 3 N–H and O–H groups in total. The first-order chi connectivity index (χ1) is 8.06. The van der Waals surface area contributed by atoms with Crippen molar-refractivity contribution in [1.82, 2.24) is 10.0 Å². The van der Waals surface area contributed by atoms with Gasteiger partial charge in [-0.1, -0.05) is 0 Å². The van der Waals surface area contributed by atoms with Gasteiger partial charge in [0.1, 0.15) is 0 Å². The van der Waals surface area contributed by atoms with Gasteiger partial charge in [-0.05, 0) is 12.8 Å². The van der Waals surface area contributed by atoms with E-state index in [1.165, 1.54) is 5.01 Å². The average molecular weight is 241 g/mol. The topological polar surface area (TPSA) is 104 Å². The van der Waals surface area contributed by atoms with Gasteiger partial charge in [0.25, 0.3) is 0 Å². The van der Waals surface area contributed by atoms with E-state index in [0.29, 0.717) is 19.4 Å². The second kappa shape index (κ2) is 4.33. The van der Waals surface area contributed by atoms with Crippen LogP contribution in [0.15, 0.2) is 0 Å². The number of fused-ring (bicyclic) bond motifs is 1. The van der Waals surface area contributed by atoms with Gasteiger partial charge in [0, 0.05) is 19.5 Å². The molecule has 2 rings (SSSR count). The molecule has 0 saturated carbocycles. The highest BCUT2D eigenvalue weighted by Gasteiger charge is 2.45. The number of carboxylic acids is 1. The van der Waals surface area contributed by atoms with Crippen molar-refractivity contribution in [3.8, 4) is 0 Å². The Morgan fingerprint density at radius 3 is 2.76 bits per heavy atom. The fraction of sp³-hybridized carbons (Fsp3) is 0.700. The van der Waals surface area contributed by atoms with E-state index in [0.717, 1.165) is 5.01 Å². The monoisotopic (exact) mass is 241 g/mol. The van der Waals surface area contributed by atoms with Crippen molar-refractivity contribution in [2.24, 2.45) is 11.7 Å². The van der Waals surface area contributed by atoms with Crippen LogP contribution in [0.3, 0.4) is 0 Å². The van der Waals surface area contributed by atoms with Crippen LogP contribution in [0.25, 0.3) is 0 Å². The number of hydrogen-bond acceptors (Lipinski definition) is 4. The normalized spacial score (nSPS) is 29.2. The molecule has 0 spiro atoms. The summed E-state index contributed by atoms with van der Waals surface area (Å²) < 4.78 is 0. The van der Waals surface area contributed by atoms with E-state index in [4.69, 9.17) is 10.8 Å². The lowest BCUT2D eigenvalue weighted by Crippen LogP contribution is -2.65. The van der Waals surface area contributed by atoms with Gasteiger partial charge in [0.2, 0.25) is 11.8 Å². The van der Waals surface area contributed by atoms with Crippen LogP contribution in [-0.4, -0.2) is 52.0 Å². The number of carbonyl (C=O) groups excluding carboxylic acids is 2. The predicted molar refractivity (Wildman–Crippen MR) is 56.4 cm³/mol. The first-order valence-corrected chi connectivity index (χ1v) is 5.62. The predicted octanol–water partition coefficient (Wildman–Crippen LogP) is -1.22. The van der Waals surface area contributed by atoms with Gasteiger partial charge in [0.15, 0.2) is 6.04 Å². The minimum Gasteiger partial charge on any atom is -0.480 e. The average Bonchev–Trinajstić information content (AvgIpc) is 2.32. The molecule has 17 heavy (non-hydrogen) atoms. The van der Waals surface area contributed by atoms with E-state index in [2.05, 4.69) is 0 Å². The van der Waals surface area contributed by atoms with E-state index < -0.39 is 17.9 Å². The van der Waals surface area contributed by atoms with Crippen molar-refractivity contribution in [3.63, 3.8) is 0 Å². The quantitative estimate of drug-likeness (QED) is 0.631. The summed E-state index contributed by atoms with van der Waals surface area (Å²) in [5, 5.41) is 11.4. The number of amides is 2. The molecule has 94 valence electrons. The third kappa shape index (κ3) is 1.86. The van der Waals surface area contributed by atoms with Gasteiger partial charge in [-0.25, -0.2) is 9.80 Å². The lowest BCUT2D eigenvalue weighted by Gasteiger charge is -2.46. The second-order valence-electron chi connectivity index (χ2n) is 4.33. The molecule has 0 aromatic rings. The number of aliphatic carboxylic acids is 1. The Morgan fingerprint density at radius 1 is 1.47 bits per heavy atom. The molecule has 2 heterocycles. The van der Waals surface area contributed by atoms with Crippen molar-refractivity contribution in [3.05, 3.63) is 0 Å². The van der Waals surface area contributed by atoms with Gasteiger partial charge in [-0.3, -0.25) is 14.6 Å². The number of nitrogens with two attached hydrogens (primary N) is 1. The van der Waals surface area contributed by atoms with E-state index >= 15 is 0 Å². The zero-order chi connectivity index (χ0) is 12.6. The number of rotatable bonds is 2. The smallest absolute Gasteiger partial charge is 0.328 e. The van der Waals surface area contributed by atoms with Crippen LogP contribution in [0.1, 0.15) is 19.3 Å². The van der Waals surface area contributed by atoms with Crippen molar-refractivity contribution >= 4 is 17.8 Å². The van der Waals surface area contributed by atoms with Crippen molar-refractivity contribution in [2.75, 3.05) is 13.1 Å². The zero-order valence-electron chi connectivity index (χ0n) is 9.33. The number of nitrogens with zero attached hydrogens (tertiary/aromatic N) is 2. The van der Waals surface area contributed by atoms with E-state index in [-0.39, 0.29) is 24.8 Å². The third-order valence-electron chi connectivity index (χ3n) is 3.26. The molecular weight excluding hydrogens is 226 g/mol. The summed E-state index contributed by atoms with van der Waals surface area (Å²) in [6, 6.07) is -0.936. The third-order valence-corrected chi connectivity index (χ3v) is 3.26. The summed E-state index contributed by atoms with van der Waals surface area (Å²) in [4.78, 5) is 34.9. The molecule has 0 aromatic carbocycles. The van der Waals surface area contributed by atoms with Crippen LogP contribution in [-0.2, 0) is 14.4 Å². The fourth-order valence-electron chi connectivity index (χ4n) is 2.35. The van der Waals surface area contributed by atoms with Crippen LogP contribution in [0, 0.1) is 5.92 Å². The lowest BCUT2D eigenvalue weighted by molar-refractivity contribution is -0.192. The maximum absolute atomic E-state index is 12.0. The Balaban J connectivity index is 2.30. The molecule has 0 bridgehead atoms. The Hall–Kier alpha value is -1.63. The molecular formula is C10H15N3O4. The van der Waals surface area contributed by atoms with Crippen LogP contribution in [0.4, 0.5) is 0 Å². The fourth-order valence-corrected chi connectivity index (χ4v) is 2.35. The second-order valence-corrected chi connectivity index (χ2v) is 4.33. The van der Waals surface area contributed by atoms with Gasteiger partial charge in [-0.15, -0.1) is 0 Å². The molecule has 2 aliphatic rings. The van der Waals surface area contributed by atoms with E-state index in [1.807, 2.05) is 0 Å². The Kier molecular flexibility index (Phi) is 3.01. The molecule has 2 aliphatic heterocycles. The zero-order valence-corrected chi connectivity index (χ0v) is 9.33. The molecule has 2 saturated heterocycles. The SMILES string of the molecule is NCC1CC(=O)N2CCCC(C(=O)O)N2C1=O. The van der Waals surface area contributed by atoms with Crippen molar-refractivity contribution in [1.29, 1.82) is 0 Å². The largest absolute Gasteiger partial charge is 0.480 e. The summed E-state index contributed by atoms with van der Waals surface area (Å²) in [5.41, 5.74) is 5.43. The van der Waals surface area contributed by atoms with Gasteiger partial charge in [-0.2, -0.15) is 0 Å². The summed E-state index contributed by atoms with van der Waals surface area (Å²) in [7, 11) is 0. The first kappa shape index (κ1) is 11.8. The number of hydrogen-bond donors (Lipinski definition) is 2. The van der Waals surface area contributed by atoms with E-state index in [1.54, 1.807) is 0 Å². The highest BCUT2D eigenvalue weighted by Crippen LogP contribution is 2.27. The minimum absolute atomic E-state index is 0.0707. The Labute approximate surface area is 98.1 Å². The van der Waals surface area contributed by atoms with Crippen LogP contribution in [0.5, 0.6) is 0 Å². The number of hydrazine groups is 1. The van der Waals surface area contributed by atoms with Gasteiger partial charge < -0.3 is 10.8 Å². The maximum Gasteiger partial charge on any atom is 0.328 e. The van der Waals surface area contributed by atoms with Crippen molar-refractivity contribution < 1.29 is 19.5 Å². The highest BCUT2D eigenvalue weighted by molar-refractivity contribution is 5.94. The lowest BCUT2D eigenvalue weighted by atomic mass is 9.97. The molecule has 0 aliphatic carbocycles. The summed E-state index contributed by atoms with van der Waals surface area (Å²) in [5.74, 6) is -2.22. The Morgan fingerprint density at radius 2 is 2.18 bits per heavy atom. The summed E-state index contributed by atoms with van der Waals surface area (Å²) in [6.45, 7) is 0.479. The molecule has 2 fully saturated rings. The molecule has 2 amide bonds. The summed E-state index contributed by atoms with van der Waals surface area (Å²) in [6.07, 6.45) is 1.06. The molecule has 7 heteroatoms. The van der Waals surface area contributed by atoms with Gasteiger partial charge in [0.05, 0.1) is 5.92 Å². The molecule has 7 nitrogen and oxygen atoms in total. The van der Waals surface area contributed by atoms with Crippen LogP contribution < -0.4 is 5.73 Å². The van der Waals surface area contributed by atoms with Crippen LogP contribution in [0.2, 0.25) is 0 Å². The van der Waals surface area contributed by atoms with Gasteiger partial charge >= 0.3 is 5.97 Å². The molecule has 2 atom stereocenters. The first-order valence-electron chi connectivity index (χ1n) is 5.62. The number of carboxylic acid groups (broad SMARTS) is 1. The van der Waals surface area contributed by atoms with E-state index in [9.17, 15) is 14.4 Å². The molecule has 0 radical (unpaired) electrons. The summed E-state index contributed by atoms with van der Waals surface area (Å²) >= 11 is 0. The molecule has 0 aromatic heterocycles. The van der Waals surface area contributed by atoms with Crippen LogP contribution >= 0.6 is 0 Å². The number of carbonyl (C=O) groups is 3. The van der Waals surface area contributed by atoms with Crippen molar-refractivity contribution in [2.45, 2.75) is 25.3 Å². The minimum atomic E-state index is -1.08.